The number of anilines is 1. The second-order valence-electron chi connectivity index (χ2n) is 8.51. The van der Waals surface area contributed by atoms with Gasteiger partial charge in [-0.3, -0.25) is 4.98 Å². The molecule has 3 aliphatic rings. The zero-order valence-electron chi connectivity index (χ0n) is 19.0. The van der Waals surface area contributed by atoms with E-state index in [1.54, 1.807) is 23.0 Å². The van der Waals surface area contributed by atoms with Crippen LogP contribution in [-0.2, 0) is 12.0 Å². The SMILES string of the molecule is [2H]C([2H])([2H])N1c2ccn3ncc(c3n2)C(=C)NC2(CCc3ncc(F)cc3C13CC3)CC2. The fraction of sp³-hybridized carbons (Fsp3) is 0.409. The van der Waals surface area contributed by atoms with Crippen molar-refractivity contribution >= 4 is 17.2 Å². The van der Waals surface area contributed by atoms with E-state index in [1.807, 2.05) is 0 Å². The van der Waals surface area contributed by atoms with Crippen LogP contribution in [0.25, 0.3) is 11.3 Å². The minimum absolute atomic E-state index is 0.0925. The van der Waals surface area contributed by atoms with E-state index < -0.39 is 18.3 Å². The lowest BCUT2D eigenvalue weighted by Crippen LogP contribution is -2.34. The number of hydrogen-bond donors (Lipinski definition) is 1. The summed E-state index contributed by atoms with van der Waals surface area (Å²) in [5.74, 6) is -0.154. The molecule has 2 aliphatic carbocycles. The fourth-order valence-corrected chi connectivity index (χ4v) is 4.55. The number of aromatic nitrogens is 4. The van der Waals surface area contributed by atoms with Crippen LogP contribution in [0.4, 0.5) is 10.2 Å². The Morgan fingerprint density at radius 1 is 1.24 bits per heavy atom. The molecule has 0 unspecified atom stereocenters. The molecule has 3 aromatic heterocycles. The third-order valence-corrected chi connectivity index (χ3v) is 6.61. The van der Waals surface area contributed by atoms with E-state index in [9.17, 15) is 4.39 Å². The van der Waals surface area contributed by atoms with Crippen molar-refractivity contribution in [3.05, 3.63) is 59.9 Å². The van der Waals surface area contributed by atoms with Crippen LogP contribution < -0.4 is 10.2 Å². The average molecular weight is 393 g/mol. The van der Waals surface area contributed by atoms with Crippen molar-refractivity contribution in [3.8, 4) is 0 Å². The molecule has 29 heavy (non-hydrogen) atoms. The highest BCUT2D eigenvalue weighted by molar-refractivity contribution is 5.74. The number of halogens is 1. The van der Waals surface area contributed by atoms with Gasteiger partial charge in [-0.15, -0.1) is 0 Å². The quantitative estimate of drug-likeness (QED) is 0.634. The Morgan fingerprint density at radius 3 is 2.86 bits per heavy atom. The molecular weight excluding hydrogens is 367 g/mol. The molecule has 0 radical (unpaired) electrons. The number of aryl methyl sites for hydroxylation is 1. The van der Waals surface area contributed by atoms with Gasteiger partial charge < -0.3 is 10.2 Å². The largest absolute Gasteiger partial charge is 0.379 e. The Bertz CT molecular complexity index is 1260. The molecule has 1 aliphatic heterocycles. The molecule has 2 fully saturated rings. The molecule has 1 N–H and O–H groups in total. The third-order valence-electron chi connectivity index (χ3n) is 6.61. The van der Waals surface area contributed by atoms with Crippen LogP contribution in [0.5, 0.6) is 0 Å². The van der Waals surface area contributed by atoms with Crippen LogP contribution in [0.2, 0.25) is 0 Å². The number of hydrogen-bond acceptors (Lipinski definition) is 5. The maximum absolute atomic E-state index is 14.4. The van der Waals surface area contributed by atoms with Gasteiger partial charge in [0.15, 0.2) is 5.65 Å². The topological polar surface area (TPSA) is 58.4 Å². The van der Waals surface area contributed by atoms with Crippen molar-refractivity contribution in [2.75, 3.05) is 11.9 Å². The van der Waals surface area contributed by atoms with Crippen molar-refractivity contribution in [1.29, 1.82) is 0 Å². The molecular formula is C22H23FN6. The van der Waals surface area contributed by atoms with Crippen LogP contribution in [-0.4, -0.2) is 32.1 Å². The normalized spacial score (nSPS) is 23.4. The van der Waals surface area contributed by atoms with Gasteiger partial charge in [-0.1, -0.05) is 6.58 Å². The Morgan fingerprint density at radius 2 is 2.10 bits per heavy atom. The molecule has 2 saturated carbocycles. The van der Waals surface area contributed by atoms with Crippen LogP contribution in [0.3, 0.4) is 0 Å². The molecule has 0 amide bonds. The molecule has 148 valence electrons. The molecule has 7 heteroatoms. The number of fused-ring (bicyclic) bond motifs is 3. The van der Waals surface area contributed by atoms with Crippen LogP contribution in [0, 0.1) is 5.82 Å². The monoisotopic (exact) mass is 393 g/mol. The van der Waals surface area contributed by atoms with Crippen molar-refractivity contribution in [1.82, 2.24) is 24.9 Å². The first-order valence-corrected chi connectivity index (χ1v) is 9.98. The van der Waals surface area contributed by atoms with E-state index in [0.29, 0.717) is 36.3 Å². The Labute approximate surface area is 172 Å². The van der Waals surface area contributed by atoms with E-state index in [2.05, 4.69) is 22.0 Å². The summed E-state index contributed by atoms with van der Waals surface area (Å²) >= 11 is 0. The summed E-state index contributed by atoms with van der Waals surface area (Å²) in [5, 5.41) is 7.94. The summed E-state index contributed by atoms with van der Waals surface area (Å²) in [6, 6.07) is 3.11. The molecule has 3 aromatic rings. The molecule has 6 nitrogen and oxygen atoms in total. The molecule has 2 spiro atoms. The fourth-order valence-electron chi connectivity index (χ4n) is 4.55. The summed E-state index contributed by atoms with van der Waals surface area (Å²) in [5.41, 5.74) is 2.45. The van der Waals surface area contributed by atoms with Crippen molar-refractivity contribution in [3.63, 3.8) is 0 Å². The van der Waals surface area contributed by atoms with E-state index in [0.717, 1.165) is 36.2 Å². The zero-order valence-corrected chi connectivity index (χ0v) is 16.0. The lowest BCUT2D eigenvalue weighted by atomic mass is 9.96. The van der Waals surface area contributed by atoms with E-state index >= 15 is 0 Å². The zero-order chi connectivity index (χ0) is 22.3. The van der Waals surface area contributed by atoms with Gasteiger partial charge in [0, 0.05) is 39.8 Å². The summed E-state index contributed by atoms with van der Waals surface area (Å²) < 4.78 is 41.0. The number of rotatable bonds is 0. The maximum atomic E-state index is 14.4. The summed E-state index contributed by atoms with van der Waals surface area (Å²) in [6.07, 6.45) is 9.27. The van der Waals surface area contributed by atoms with Gasteiger partial charge in [-0.05, 0) is 50.7 Å². The van der Waals surface area contributed by atoms with Gasteiger partial charge in [-0.25, -0.2) is 13.9 Å². The van der Waals surface area contributed by atoms with Crippen molar-refractivity contribution in [2.45, 2.75) is 49.6 Å². The van der Waals surface area contributed by atoms with Gasteiger partial charge in [0.25, 0.3) is 0 Å². The van der Waals surface area contributed by atoms with E-state index in [-0.39, 0.29) is 5.54 Å². The van der Waals surface area contributed by atoms with Crippen molar-refractivity contribution in [2.24, 2.45) is 0 Å². The lowest BCUT2D eigenvalue weighted by Gasteiger charge is -2.31. The standard InChI is InChI=1S/C22H23FN6/c1-14-16-13-25-29-10-4-19(26-20(16)29)28(2)22(8-9-22)17-11-15(23)12-24-18(17)3-5-21(27-14)6-7-21/h4,10-13,27H,1,3,5-9H2,2H3/i2D3. The predicted molar refractivity (Wildman–Crippen MR) is 109 cm³/mol. The number of nitrogens with one attached hydrogen (secondary N) is 1. The summed E-state index contributed by atoms with van der Waals surface area (Å²) in [6.45, 7) is 1.75. The van der Waals surface area contributed by atoms with Gasteiger partial charge in [0.2, 0.25) is 0 Å². The second kappa shape index (κ2) is 5.55. The highest BCUT2D eigenvalue weighted by atomic mass is 19.1. The first kappa shape index (κ1) is 14.1. The molecule has 0 aromatic carbocycles. The van der Waals surface area contributed by atoms with E-state index in [1.165, 1.54) is 17.2 Å². The van der Waals surface area contributed by atoms with Gasteiger partial charge in [0.1, 0.15) is 11.6 Å². The second-order valence-corrected chi connectivity index (χ2v) is 8.51. The first-order chi connectivity index (χ1) is 15.2. The molecule has 4 heterocycles. The molecule has 6 rings (SSSR count). The van der Waals surface area contributed by atoms with Crippen LogP contribution in [0.1, 0.15) is 53.0 Å². The number of pyridine rings is 1. The van der Waals surface area contributed by atoms with E-state index in [4.69, 9.17) is 9.10 Å². The van der Waals surface area contributed by atoms with Crippen LogP contribution in [0.15, 0.2) is 37.3 Å². The Balaban J connectivity index is 1.61. The molecule has 0 saturated heterocycles. The minimum Gasteiger partial charge on any atom is -0.379 e. The Hall–Kier alpha value is -2.96. The maximum Gasteiger partial charge on any atom is 0.166 e. The summed E-state index contributed by atoms with van der Waals surface area (Å²) in [7, 11) is 0. The average Bonchev–Trinajstić information content (AvgIpc) is 3.64. The highest BCUT2D eigenvalue weighted by Gasteiger charge is 2.51. The van der Waals surface area contributed by atoms with Crippen molar-refractivity contribution < 1.29 is 8.50 Å². The first-order valence-electron chi connectivity index (χ1n) is 11.5. The molecule has 2 bridgehead atoms. The van der Waals surface area contributed by atoms with Gasteiger partial charge in [-0.2, -0.15) is 5.10 Å². The predicted octanol–water partition coefficient (Wildman–Crippen LogP) is 3.43. The third kappa shape index (κ3) is 2.49. The number of nitrogens with zero attached hydrogens (tertiary/aromatic N) is 5. The Kier molecular flexibility index (Phi) is 2.70. The molecule has 0 atom stereocenters. The van der Waals surface area contributed by atoms with Gasteiger partial charge in [0.05, 0.1) is 23.5 Å². The highest BCUT2D eigenvalue weighted by Crippen LogP contribution is 2.53. The smallest absolute Gasteiger partial charge is 0.166 e. The van der Waals surface area contributed by atoms with Gasteiger partial charge >= 0.3 is 0 Å². The minimum atomic E-state index is -2.47. The lowest BCUT2D eigenvalue weighted by molar-refractivity contribution is 0.527. The van der Waals surface area contributed by atoms with Crippen LogP contribution >= 0.6 is 0 Å². The summed E-state index contributed by atoms with van der Waals surface area (Å²) in [4.78, 5) is 10.5.